The topological polar surface area (TPSA) is 64.7 Å². The predicted molar refractivity (Wildman–Crippen MR) is 209 cm³/mol. The molecule has 0 atom stereocenters. The van der Waals surface area contributed by atoms with Gasteiger partial charge in [0, 0.05) is 66.6 Å². The molecule has 11 rings (SSSR count). The van der Waals surface area contributed by atoms with Crippen LogP contribution in [0.15, 0.2) is 162 Å². The lowest BCUT2D eigenvalue weighted by Crippen LogP contribution is -1.92. The fraction of sp³-hybridized carbons (Fsp3) is 0. The van der Waals surface area contributed by atoms with Crippen molar-refractivity contribution in [3.8, 4) is 33.6 Å². The van der Waals surface area contributed by atoms with Gasteiger partial charge in [0.25, 0.3) is 0 Å². The Bertz CT molecular complexity index is 3220. The second kappa shape index (κ2) is 10.8. The highest BCUT2D eigenvalue weighted by Crippen LogP contribution is 2.41. The maximum atomic E-state index is 6.53. The van der Waals surface area contributed by atoms with Crippen molar-refractivity contribution in [1.82, 2.24) is 19.9 Å². The first-order valence-corrected chi connectivity index (χ1v) is 17.0. The number of para-hydroxylation sites is 2. The zero-order valence-electron chi connectivity index (χ0n) is 27.2. The summed E-state index contributed by atoms with van der Waals surface area (Å²) >= 11 is 0. The van der Waals surface area contributed by atoms with Crippen molar-refractivity contribution in [2.24, 2.45) is 0 Å². The number of aromatic nitrogens is 4. The molecule has 0 bridgehead atoms. The SMILES string of the molecule is c1cc(-c2ccc3cc(-c4cc5cccnc5c5ncccc45)ccc3n2)cc(-c2nc3ccccc3c3c2ccc2c4ccccc4oc23)c1. The maximum Gasteiger partial charge on any atom is 0.144 e. The van der Waals surface area contributed by atoms with Gasteiger partial charge in [0.15, 0.2) is 0 Å². The molecule has 0 aliphatic heterocycles. The lowest BCUT2D eigenvalue weighted by Gasteiger charge is -2.12. The van der Waals surface area contributed by atoms with Crippen LogP contribution in [0, 0.1) is 0 Å². The van der Waals surface area contributed by atoms with Crippen molar-refractivity contribution in [3.05, 3.63) is 158 Å². The molecule has 5 aromatic heterocycles. The molecule has 11 aromatic rings. The van der Waals surface area contributed by atoms with Gasteiger partial charge in [-0.25, -0.2) is 9.97 Å². The summed E-state index contributed by atoms with van der Waals surface area (Å²) in [5.41, 5.74) is 11.6. The van der Waals surface area contributed by atoms with Crippen LogP contribution in [0.5, 0.6) is 0 Å². The van der Waals surface area contributed by atoms with E-state index in [-0.39, 0.29) is 0 Å². The molecule has 0 saturated heterocycles. The lowest BCUT2D eigenvalue weighted by molar-refractivity contribution is 0.673. The molecule has 236 valence electrons. The highest BCUT2D eigenvalue weighted by Gasteiger charge is 2.18. The molecule has 6 aromatic carbocycles. The molecule has 0 aliphatic rings. The summed E-state index contributed by atoms with van der Waals surface area (Å²) in [4.78, 5) is 19.7. The van der Waals surface area contributed by atoms with Crippen LogP contribution >= 0.6 is 0 Å². The molecule has 0 fully saturated rings. The smallest absolute Gasteiger partial charge is 0.144 e. The van der Waals surface area contributed by atoms with Gasteiger partial charge in [-0.3, -0.25) is 9.97 Å². The highest BCUT2D eigenvalue weighted by atomic mass is 16.3. The third kappa shape index (κ3) is 4.28. The van der Waals surface area contributed by atoms with Gasteiger partial charge in [0.1, 0.15) is 11.2 Å². The van der Waals surface area contributed by atoms with Gasteiger partial charge in [0.05, 0.1) is 33.5 Å². The van der Waals surface area contributed by atoms with Crippen molar-refractivity contribution in [2.45, 2.75) is 0 Å². The van der Waals surface area contributed by atoms with Crippen LogP contribution < -0.4 is 0 Å². The normalized spacial score (nSPS) is 11.9. The van der Waals surface area contributed by atoms with Gasteiger partial charge in [-0.1, -0.05) is 84.9 Å². The number of pyridine rings is 4. The first kappa shape index (κ1) is 27.9. The number of rotatable bonds is 3. The fourth-order valence-electron chi connectivity index (χ4n) is 7.73. The van der Waals surface area contributed by atoms with E-state index in [0.29, 0.717) is 0 Å². The van der Waals surface area contributed by atoms with E-state index >= 15 is 0 Å². The van der Waals surface area contributed by atoms with Crippen LogP contribution in [0.1, 0.15) is 0 Å². The Labute approximate surface area is 291 Å². The quantitative estimate of drug-likeness (QED) is 0.178. The van der Waals surface area contributed by atoms with Crippen LogP contribution in [0.4, 0.5) is 0 Å². The van der Waals surface area contributed by atoms with E-state index < -0.39 is 0 Å². The van der Waals surface area contributed by atoms with Crippen molar-refractivity contribution in [1.29, 1.82) is 0 Å². The number of benzene rings is 6. The molecule has 0 amide bonds. The zero-order valence-corrected chi connectivity index (χ0v) is 27.2. The highest BCUT2D eigenvalue weighted by molar-refractivity contribution is 6.24. The van der Waals surface area contributed by atoms with E-state index in [4.69, 9.17) is 19.4 Å². The van der Waals surface area contributed by atoms with Crippen LogP contribution in [0.3, 0.4) is 0 Å². The lowest BCUT2D eigenvalue weighted by atomic mass is 9.96. The second-order valence-corrected chi connectivity index (χ2v) is 13.0. The Morgan fingerprint density at radius 3 is 2.20 bits per heavy atom. The molecule has 0 aliphatic carbocycles. The number of furan rings is 1. The standard InChI is InChI=1S/C46H26N4O/c1-3-14-40-35(12-1)42-36(19-18-34-32-11-2-4-15-41(32)51-46(34)42)43(50-40)30-9-5-8-28(25-30)38-21-17-29-24-27(16-20-39(29)49-38)37-26-31-10-6-22-47-44(31)45-33(37)13-7-23-48-45/h1-26H. The molecule has 0 N–H and O–H groups in total. The molecule has 0 radical (unpaired) electrons. The minimum Gasteiger partial charge on any atom is -0.455 e. The van der Waals surface area contributed by atoms with Crippen LogP contribution in [0.2, 0.25) is 0 Å². The summed E-state index contributed by atoms with van der Waals surface area (Å²) in [6, 6.07) is 50.6. The van der Waals surface area contributed by atoms with Gasteiger partial charge < -0.3 is 4.42 Å². The first-order chi connectivity index (χ1) is 25.3. The van der Waals surface area contributed by atoms with Gasteiger partial charge in [-0.05, 0) is 71.8 Å². The average molecular weight is 651 g/mol. The zero-order chi connectivity index (χ0) is 33.5. The van der Waals surface area contributed by atoms with Gasteiger partial charge in [0.2, 0.25) is 0 Å². The summed E-state index contributed by atoms with van der Waals surface area (Å²) < 4.78 is 6.53. The van der Waals surface area contributed by atoms with E-state index in [1.165, 1.54) is 0 Å². The van der Waals surface area contributed by atoms with Crippen LogP contribution in [0.25, 0.3) is 110 Å². The third-order valence-corrected chi connectivity index (χ3v) is 10.1. The maximum absolute atomic E-state index is 6.53. The van der Waals surface area contributed by atoms with E-state index in [0.717, 1.165) is 110 Å². The molecule has 0 unspecified atom stereocenters. The molecular weight excluding hydrogens is 625 g/mol. The Morgan fingerprint density at radius 2 is 1.24 bits per heavy atom. The van der Waals surface area contributed by atoms with Crippen molar-refractivity contribution in [2.75, 3.05) is 0 Å². The molecule has 0 saturated carbocycles. The molecular formula is C46H26N4O. The molecule has 5 heterocycles. The second-order valence-electron chi connectivity index (χ2n) is 13.0. The van der Waals surface area contributed by atoms with E-state index in [1.807, 2.05) is 42.7 Å². The Balaban J connectivity index is 1.04. The summed E-state index contributed by atoms with van der Waals surface area (Å²) in [5, 5.41) is 8.69. The average Bonchev–Trinajstić information content (AvgIpc) is 3.59. The molecule has 0 spiro atoms. The van der Waals surface area contributed by atoms with Crippen LogP contribution in [-0.4, -0.2) is 19.9 Å². The van der Waals surface area contributed by atoms with Crippen molar-refractivity contribution in [3.63, 3.8) is 0 Å². The van der Waals surface area contributed by atoms with E-state index in [2.05, 4.69) is 120 Å². The first-order valence-electron chi connectivity index (χ1n) is 17.0. The van der Waals surface area contributed by atoms with Crippen LogP contribution in [-0.2, 0) is 0 Å². The summed E-state index contributed by atoms with van der Waals surface area (Å²) in [5.74, 6) is 0. The van der Waals surface area contributed by atoms with E-state index in [9.17, 15) is 0 Å². The Morgan fingerprint density at radius 1 is 0.431 bits per heavy atom. The molecule has 5 nitrogen and oxygen atoms in total. The number of fused-ring (bicyclic) bond motifs is 11. The van der Waals surface area contributed by atoms with Gasteiger partial charge >= 0.3 is 0 Å². The molecule has 51 heavy (non-hydrogen) atoms. The number of hydrogen-bond donors (Lipinski definition) is 0. The van der Waals surface area contributed by atoms with Crippen molar-refractivity contribution < 1.29 is 4.42 Å². The predicted octanol–water partition coefficient (Wildman–Crippen LogP) is 11.9. The fourth-order valence-corrected chi connectivity index (χ4v) is 7.73. The Kier molecular flexibility index (Phi) is 5.89. The summed E-state index contributed by atoms with van der Waals surface area (Å²) in [6.07, 6.45) is 3.66. The minimum atomic E-state index is 0.888. The third-order valence-electron chi connectivity index (χ3n) is 10.1. The monoisotopic (exact) mass is 650 g/mol. The van der Waals surface area contributed by atoms with E-state index in [1.54, 1.807) is 0 Å². The number of nitrogens with zero attached hydrogens (tertiary/aromatic N) is 4. The largest absolute Gasteiger partial charge is 0.455 e. The number of hydrogen-bond acceptors (Lipinski definition) is 5. The van der Waals surface area contributed by atoms with Gasteiger partial charge in [-0.15, -0.1) is 0 Å². The summed E-state index contributed by atoms with van der Waals surface area (Å²) in [7, 11) is 0. The van der Waals surface area contributed by atoms with Gasteiger partial charge in [-0.2, -0.15) is 0 Å². The van der Waals surface area contributed by atoms with Crippen molar-refractivity contribution >= 4 is 76.3 Å². The summed E-state index contributed by atoms with van der Waals surface area (Å²) in [6.45, 7) is 0. The molecule has 5 heteroatoms. The Hall–Kier alpha value is -6.98. The minimum absolute atomic E-state index is 0.888.